The smallest absolute Gasteiger partial charge is 0.335 e. The summed E-state index contributed by atoms with van der Waals surface area (Å²) in [4.78, 5) is 25.0. The normalized spacial score (nSPS) is 14.6. The summed E-state index contributed by atoms with van der Waals surface area (Å²) in [5.41, 5.74) is 5.73. The minimum Gasteiger partial charge on any atom is -0.490 e. The van der Waals surface area contributed by atoms with Crippen LogP contribution in [-0.2, 0) is 27.1 Å². The Hall–Kier alpha value is -3.70. The van der Waals surface area contributed by atoms with E-state index in [1.165, 1.54) is 0 Å². The van der Waals surface area contributed by atoms with Crippen molar-refractivity contribution in [1.29, 1.82) is 0 Å². The van der Waals surface area contributed by atoms with Gasteiger partial charge < -0.3 is 14.2 Å². The molecular formula is C30H30O5. The molecule has 0 heterocycles. The van der Waals surface area contributed by atoms with E-state index in [0.29, 0.717) is 32.7 Å². The number of hydrogen-bond acceptors (Lipinski definition) is 5. The summed E-state index contributed by atoms with van der Waals surface area (Å²) in [6.07, 6.45) is 2.25. The predicted molar refractivity (Wildman–Crippen MR) is 136 cm³/mol. The Morgan fingerprint density at radius 3 is 2.29 bits per heavy atom. The van der Waals surface area contributed by atoms with Gasteiger partial charge in [0.2, 0.25) is 0 Å². The fourth-order valence-electron chi connectivity index (χ4n) is 4.34. The van der Waals surface area contributed by atoms with Crippen LogP contribution in [0.3, 0.4) is 0 Å². The first-order chi connectivity index (χ1) is 17.1. The molecule has 0 aliphatic heterocycles. The second-order valence-electron chi connectivity index (χ2n) is 8.28. The fourth-order valence-corrected chi connectivity index (χ4v) is 4.34. The van der Waals surface area contributed by atoms with Crippen LogP contribution >= 0.6 is 0 Å². The predicted octanol–water partition coefficient (Wildman–Crippen LogP) is 5.45. The van der Waals surface area contributed by atoms with Crippen molar-refractivity contribution in [2.75, 3.05) is 19.8 Å². The van der Waals surface area contributed by atoms with Crippen molar-refractivity contribution in [3.05, 3.63) is 107 Å². The number of ether oxygens (including phenoxy) is 3. The Kier molecular flexibility index (Phi) is 8.11. The van der Waals surface area contributed by atoms with Gasteiger partial charge in [-0.25, -0.2) is 4.79 Å². The molecule has 0 amide bonds. The Balaban J connectivity index is 1.49. The number of carbonyl (C=O) groups is 2. The molecule has 0 fully saturated rings. The van der Waals surface area contributed by atoms with Gasteiger partial charge in [-0.3, -0.25) is 4.79 Å². The zero-order valence-corrected chi connectivity index (χ0v) is 20.2. The summed E-state index contributed by atoms with van der Waals surface area (Å²) in [5.74, 6) is 0.505. The standard InChI is InChI=1S/C30H30O5/c1-3-33-29(30(32)34-4-2)19-21-13-15-23(16-14-21)35-18-17-26-24-10-6-5-9-22(24)20-28(31)27-12-8-7-11-25(26)27/h5-17,29H,3-4,18-20H2,1-2H3/b26-17-. The summed E-state index contributed by atoms with van der Waals surface area (Å²) in [5, 5.41) is 0. The summed E-state index contributed by atoms with van der Waals surface area (Å²) in [6.45, 7) is 4.77. The van der Waals surface area contributed by atoms with Crippen LogP contribution < -0.4 is 4.74 Å². The summed E-state index contributed by atoms with van der Waals surface area (Å²) in [7, 11) is 0. The molecule has 1 atom stereocenters. The van der Waals surface area contributed by atoms with Crippen LogP contribution in [0, 0.1) is 0 Å². The minimum atomic E-state index is -0.616. The van der Waals surface area contributed by atoms with Gasteiger partial charge in [0.1, 0.15) is 12.4 Å². The van der Waals surface area contributed by atoms with Crippen molar-refractivity contribution in [1.82, 2.24) is 0 Å². The Morgan fingerprint density at radius 1 is 0.886 bits per heavy atom. The maximum Gasteiger partial charge on any atom is 0.335 e. The monoisotopic (exact) mass is 470 g/mol. The lowest BCUT2D eigenvalue weighted by molar-refractivity contribution is -0.156. The first kappa shape index (κ1) is 24.4. The lowest BCUT2D eigenvalue weighted by atomic mass is 9.94. The highest BCUT2D eigenvalue weighted by Crippen LogP contribution is 2.33. The molecule has 0 saturated carbocycles. The molecule has 5 nitrogen and oxygen atoms in total. The van der Waals surface area contributed by atoms with E-state index in [2.05, 4.69) is 6.07 Å². The number of benzene rings is 3. The molecule has 1 aliphatic rings. The summed E-state index contributed by atoms with van der Waals surface area (Å²) >= 11 is 0. The number of hydrogen-bond donors (Lipinski definition) is 0. The van der Waals surface area contributed by atoms with Gasteiger partial charge in [-0.1, -0.05) is 60.7 Å². The van der Waals surface area contributed by atoms with E-state index in [-0.39, 0.29) is 11.8 Å². The summed E-state index contributed by atoms with van der Waals surface area (Å²) < 4.78 is 16.7. The van der Waals surface area contributed by atoms with Gasteiger partial charge in [0.25, 0.3) is 0 Å². The number of rotatable bonds is 9. The van der Waals surface area contributed by atoms with Gasteiger partial charge in [-0.05, 0) is 59.9 Å². The van der Waals surface area contributed by atoms with Gasteiger partial charge in [-0.2, -0.15) is 0 Å². The number of Topliss-reactive ketones (excluding diaryl/α,β-unsaturated/α-hetero) is 1. The Bertz CT molecular complexity index is 1210. The van der Waals surface area contributed by atoms with Crippen LogP contribution in [0.5, 0.6) is 5.75 Å². The van der Waals surface area contributed by atoms with E-state index >= 15 is 0 Å². The third-order valence-electron chi connectivity index (χ3n) is 5.98. The highest BCUT2D eigenvalue weighted by atomic mass is 16.6. The Labute approximate surface area is 206 Å². The van der Waals surface area contributed by atoms with Crippen molar-refractivity contribution in [3.63, 3.8) is 0 Å². The quantitative estimate of drug-likeness (QED) is 0.389. The molecule has 0 aromatic heterocycles. The Morgan fingerprint density at radius 2 is 1.57 bits per heavy atom. The molecule has 0 bridgehead atoms. The van der Waals surface area contributed by atoms with Crippen molar-refractivity contribution >= 4 is 17.3 Å². The van der Waals surface area contributed by atoms with Crippen LogP contribution in [0.1, 0.15) is 46.5 Å². The van der Waals surface area contributed by atoms with E-state index < -0.39 is 6.10 Å². The highest BCUT2D eigenvalue weighted by molar-refractivity contribution is 6.06. The van der Waals surface area contributed by atoms with Gasteiger partial charge in [-0.15, -0.1) is 0 Å². The van der Waals surface area contributed by atoms with Crippen molar-refractivity contribution in [3.8, 4) is 5.75 Å². The molecule has 0 spiro atoms. The van der Waals surface area contributed by atoms with Gasteiger partial charge >= 0.3 is 5.97 Å². The average molecular weight is 471 g/mol. The maximum absolute atomic E-state index is 12.8. The first-order valence-corrected chi connectivity index (χ1v) is 12.0. The van der Waals surface area contributed by atoms with Crippen LogP contribution in [0.4, 0.5) is 0 Å². The third kappa shape index (κ3) is 5.87. The molecular weight excluding hydrogens is 440 g/mol. The number of carbonyl (C=O) groups excluding carboxylic acids is 2. The first-order valence-electron chi connectivity index (χ1n) is 12.0. The largest absolute Gasteiger partial charge is 0.490 e. The van der Waals surface area contributed by atoms with Gasteiger partial charge in [0.15, 0.2) is 11.9 Å². The number of esters is 1. The topological polar surface area (TPSA) is 61.8 Å². The molecule has 0 N–H and O–H groups in total. The number of fused-ring (bicyclic) bond motifs is 2. The van der Waals surface area contributed by atoms with E-state index in [9.17, 15) is 9.59 Å². The molecule has 35 heavy (non-hydrogen) atoms. The number of ketones is 1. The van der Waals surface area contributed by atoms with Crippen molar-refractivity contribution < 1.29 is 23.8 Å². The molecule has 4 rings (SSSR count). The fraction of sp³-hybridized carbons (Fsp3) is 0.267. The van der Waals surface area contributed by atoms with Crippen LogP contribution in [0.2, 0.25) is 0 Å². The second kappa shape index (κ2) is 11.6. The third-order valence-corrected chi connectivity index (χ3v) is 5.98. The van der Waals surface area contributed by atoms with Crippen LogP contribution in [0.25, 0.3) is 5.57 Å². The zero-order valence-electron chi connectivity index (χ0n) is 20.2. The molecule has 3 aromatic carbocycles. The molecule has 0 saturated heterocycles. The van der Waals surface area contributed by atoms with E-state index in [0.717, 1.165) is 39.1 Å². The zero-order chi connectivity index (χ0) is 24.6. The highest BCUT2D eigenvalue weighted by Gasteiger charge is 2.23. The average Bonchev–Trinajstić information content (AvgIpc) is 2.99. The summed E-state index contributed by atoms with van der Waals surface area (Å²) in [6, 6.07) is 23.4. The lowest BCUT2D eigenvalue weighted by Crippen LogP contribution is -2.28. The van der Waals surface area contributed by atoms with E-state index in [4.69, 9.17) is 14.2 Å². The van der Waals surface area contributed by atoms with E-state index in [1.54, 1.807) is 6.92 Å². The van der Waals surface area contributed by atoms with Crippen molar-refractivity contribution in [2.45, 2.75) is 32.8 Å². The minimum absolute atomic E-state index is 0.126. The van der Waals surface area contributed by atoms with Crippen LogP contribution in [0.15, 0.2) is 78.9 Å². The van der Waals surface area contributed by atoms with Crippen molar-refractivity contribution in [2.24, 2.45) is 0 Å². The molecule has 5 heteroatoms. The van der Waals surface area contributed by atoms with Gasteiger partial charge in [0.05, 0.1) is 6.61 Å². The maximum atomic E-state index is 12.8. The molecule has 0 radical (unpaired) electrons. The SMILES string of the molecule is CCOC(=O)C(Cc1ccc(OC/C=C2/c3ccccc3CC(=O)c3ccccc32)cc1)OCC. The van der Waals surface area contributed by atoms with E-state index in [1.807, 2.05) is 79.7 Å². The second-order valence-corrected chi connectivity index (χ2v) is 8.28. The lowest BCUT2D eigenvalue weighted by Gasteiger charge is -2.16. The molecule has 1 unspecified atom stereocenters. The molecule has 3 aromatic rings. The van der Waals surface area contributed by atoms with Gasteiger partial charge in [0, 0.05) is 25.0 Å². The van der Waals surface area contributed by atoms with Crippen LogP contribution in [-0.4, -0.2) is 37.7 Å². The molecule has 1 aliphatic carbocycles. The molecule has 180 valence electrons.